The van der Waals surface area contributed by atoms with Gasteiger partial charge in [0.2, 0.25) is 10.0 Å². The van der Waals surface area contributed by atoms with E-state index in [-0.39, 0.29) is 10.9 Å². The number of nitrogens with one attached hydrogen (secondary N) is 1. The minimum atomic E-state index is -3.49. The van der Waals surface area contributed by atoms with Gasteiger partial charge in [0.25, 0.3) is 0 Å². The highest BCUT2D eigenvalue weighted by Gasteiger charge is 2.31. The van der Waals surface area contributed by atoms with Crippen LogP contribution in [0.25, 0.3) is 0 Å². The molecular formula is C13H18N2O4S. The number of rotatable bonds is 2. The van der Waals surface area contributed by atoms with Gasteiger partial charge in [-0.15, -0.1) is 0 Å². The van der Waals surface area contributed by atoms with Crippen LogP contribution in [0.5, 0.6) is 11.5 Å². The Morgan fingerprint density at radius 2 is 2.00 bits per heavy atom. The van der Waals surface area contributed by atoms with Gasteiger partial charge < -0.3 is 14.8 Å². The zero-order valence-electron chi connectivity index (χ0n) is 11.3. The molecule has 1 aromatic rings. The maximum Gasteiger partial charge on any atom is 0.243 e. The number of fused-ring (bicyclic) bond motifs is 1. The number of sulfonamides is 1. The normalized spacial score (nSPS) is 23.6. The molecule has 0 amide bonds. The van der Waals surface area contributed by atoms with Crippen molar-refractivity contribution in [1.29, 1.82) is 0 Å². The molecule has 1 saturated heterocycles. The van der Waals surface area contributed by atoms with Crippen molar-refractivity contribution in [2.24, 2.45) is 0 Å². The predicted molar refractivity (Wildman–Crippen MR) is 73.7 cm³/mol. The monoisotopic (exact) mass is 298 g/mol. The summed E-state index contributed by atoms with van der Waals surface area (Å²) in [5, 5.41) is 3.19. The molecule has 0 aliphatic carbocycles. The van der Waals surface area contributed by atoms with E-state index in [0.717, 1.165) is 0 Å². The minimum absolute atomic E-state index is 0.0537. The van der Waals surface area contributed by atoms with E-state index in [2.05, 4.69) is 5.32 Å². The highest BCUT2D eigenvalue weighted by molar-refractivity contribution is 7.89. The molecule has 3 rings (SSSR count). The Bertz CT molecular complexity index is 602. The molecule has 7 heteroatoms. The molecule has 1 aromatic carbocycles. The van der Waals surface area contributed by atoms with E-state index in [1.165, 1.54) is 4.31 Å². The lowest BCUT2D eigenvalue weighted by Gasteiger charge is -2.33. The second kappa shape index (κ2) is 5.23. The molecule has 0 saturated carbocycles. The first-order valence-corrected chi connectivity index (χ1v) is 8.15. The first-order chi connectivity index (χ1) is 9.59. The zero-order valence-corrected chi connectivity index (χ0v) is 12.1. The number of benzene rings is 1. The summed E-state index contributed by atoms with van der Waals surface area (Å²) in [5.41, 5.74) is 0. The smallest absolute Gasteiger partial charge is 0.243 e. The van der Waals surface area contributed by atoms with Gasteiger partial charge in [0, 0.05) is 31.7 Å². The Labute approximate surface area is 118 Å². The minimum Gasteiger partial charge on any atom is -0.486 e. The summed E-state index contributed by atoms with van der Waals surface area (Å²) in [6.07, 6.45) is 0. The van der Waals surface area contributed by atoms with Crippen LogP contribution in [0.2, 0.25) is 0 Å². The molecule has 0 radical (unpaired) electrons. The second-order valence-corrected chi connectivity index (χ2v) is 6.86. The van der Waals surface area contributed by atoms with Crippen molar-refractivity contribution in [3.05, 3.63) is 18.2 Å². The average molecular weight is 298 g/mol. The number of piperazine rings is 1. The van der Waals surface area contributed by atoms with E-state index in [4.69, 9.17) is 9.47 Å². The Balaban J connectivity index is 1.94. The molecule has 0 unspecified atom stereocenters. The van der Waals surface area contributed by atoms with Crippen LogP contribution >= 0.6 is 0 Å². The van der Waals surface area contributed by atoms with Crippen LogP contribution in [0, 0.1) is 0 Å². The molecule has 0 spiro atoms. The maximum absolute atomic E-state index is 12.7. The summed E-state index contributed by atoms with van der Waals surface area (Å²) in [6.45, 7) is 4.67. The topological polar surface area (TPSA) is 67.9 Å². The van der Waals surface area contributed by atoms with Gasteiger partial charge in [-0.3, -0.25) is 0 Å². The van der Waals surface area contributed by atoms with E-state index < -0.39 is 10.0 Å². The second-order valence-electron chi connectivity index (χ2n) is 4.97. The van der Waals surface area contributed by atoms with Crippen LogP contribution in [-0.2, 0) is 10.0 Å². The van der Waals surface area contributed by atoms with E-state index in [9.17, 15) is 8.42 Å². The molecule has 2 heterocycles. The highest BCUT2D eigenvalue weighted by atomic mass is 32.2. The third kappa shape index (κ3) is 2.36. The number of hydrogen-bond acceptors (Lipinski definition) is 5. The fourth-order valence-corrected chi connectivity index (χ4v) is 4.15. The molecule has 6 nitrogen and oxygen atoms in total. The molecule has 20 heavy (non-hydrogen) atoms. The predicted octanol–water partition coefficient (Wildman–Crippen LogP) is 0.440. The quantitative estimate of drug-likeness (QED) is 0.858. The average Bonchev–Trinajstić information content (AvgIpc) is 2.47. The van der Waals surface area contributed by atoms with E-state index in [1.54, 1.807) is 18.2 Å². The fraction of sp³-hybridized carbons (Fsp3) is 0.538. The first kappa shape index (κ1) is 13.7. The lowest BCUT2D eigenvalue weighted by molar-refractivity contribution is 0.171. The van der Waals surface area contributed by atoms with Crippen LogP contribution < -0.4 is 14.8 Å². The maximum atomic E-state index is 12.7. The Morgan fingerprint density at radius 3 is 2.75 bits per heavy atom. The number of ether oxygens (including phenoxy) is 2. The zero-order chi connectivity index (χ0) is 14.2. The fourth-order valence-electron chi connectivity index (χ4n) is 2.50. The van der Waals surface area contributed by atoms with Gasteiger partial charge in [-0.25, -0.2) is 8.42 Å². The van der Waals surface area contributed by atoms with Crippen molar-refractivity contribution >= 4 is 10.0 Å². The Morgan fingerprint density at radius 1 is 1.25 bits per heavy atom. The number of nitrogens with zero attached hydrogens (tertiary/aromatic N) is 1. The highest BCUT2D eigenvalue weighted by Crippen LogP contribution is 2.33. The third-order valence-corrected chi connectivity index (χ3v) is 5.57. The summed E-state index contributed by atoms with van der Waals surface area (Å²) in [5.74, 6) is 1.10. The van der Waals surface area contributed by atoms with Crippen LogP contribution in [0.4, 0.5) is 0 Å². The molecule has 1 N–H and O–H groups in total. The first-order valence-electron chi connectivity index (χ1n) is 6.71. The van der Waals surface area contributed by atoms with Crippen molar-refractivity contribution in [2.45, 2.75) is 17.9 Å². The molecule has 1 atom stereocenters. The van der Waals surface area contributed by atoms with Crippen molar-refractivity contribution in [2.75, 3.05) is 32.8 Å². The largest absolute Gasteiger partial charge is 0.486 e. The standard InChI is InChI=1S/C13H18N2O4S/c1-10-9-14-4-5-15(10)20(16,17)11-2-3-12-13(8-11)19-7-6-18-12/h2-3,8,10,14H,4-7,9H2,1H3/t10-/m1/s1. The molecular weight excluding hydrogens is 280 g/mol. The van der Waals surface area contributed by atoms with Crippen molar-refractivity contribution < 1.29 is 17.9 Å². The Kier molecular flexibility index (Phi) is 3.57. The van der Waals surface area contributed by atoms with Crippen LogP contribution in [0.15, 0.2) is 23.1 Å². The lowest BCUT2D eigenvalue weighted by atomic mass is 10.3. The molecule has 0 bridgehead atoms. The summed E-state index contributed by atoms with van der Waals surface area (Å²) in [7, 11) is -3.49. The molecule has 2 aliphatic rings. The van der Waals surface area contributed by atoms with Crippen LogP contribution in [0.1, 0.15) is 6.92 Å². The molecule has 2 aliphatic heterocycles. The third-order valence-electron chi connectivity index (χ3n) is 3.56. The van der Waals surface area contributed by atoms with Crippen molar-refractivity contribution in [1.82, 2.24) is 9.62 Å². The Hall–Kier alpha value is -1.31. The summed E-state index contributed by atoms with van der Waals surface area (Å²) < 4.78 is 37.8. The van der Waals surface area contributed by atoms with E-state index in [0.29, 0.717) is 44.3 Å². The van der Waals surface area contributed by atoms with Gasteiger partial charge in [0.05, 0.1) is 4.90 Å². The molecule has 0 aromatic heterocycles. The van der Waals surface area contributed by atoms with Gasteiger partial charge >= 0.3 is 0 Å². The van der Waals surface area contributed by atoms with Crippen LogP contribution in [0.3, 0.4) is 0 Å². The molecule has 1 fully saturated rings. The summed E-state index contributed by atoms with van der Waals surface area (Å²) >= 11 is 0. The van der Waals surface area contributed by atoms with Gasteiger partial charge in [-0.2, -0.15) is 4.31 Å². The SMILES string of the molecule is C[C@@H]1CNCCN1S(=O)(=O)c1ccc2c(c1)OCCO2. The summed E-state index contributed by atoms with van der Waals surface area (Å²) in [4.78, 5) is 0.260. The number of hydrogen-bond donors (Lipinski definition) is 1. The summed E-state index contributed by atoms with van der Waals surface area (Å²) in [6, 6.07) is 4.74. The van der Waals surface area contributed by atoms with Crippen molar-refractivity contribution in [3.63, 3.8) is 0 Å². The van der Waals surface area contributed by atoms with Gasteiger partial charge in [-0.1, -0.05) is 0 Å². The van der Waals surface area contributed by atoms with Gasteiger partial charge in [-0.05, 0) is 19.1 Å². The van der Waals surface area contributed by atoms with Crippen molar-refractivity contribution in [3.8, 4) is 11.5 Å². The van der Waals surface area contributed by atoms with Gasteiger partial charge in [0.15, 0.2) is 11.5 Å². The van der Waals surface area contributed by atoms with E-state index >= 15 is 0 Å². The van der Waals surface area contributed by atoms with Gasteiger partial charge in [0.1, 0.15) is 13.2 Å². The van der Waals surface area contributed by atoms with Crippen LogP contribution in [-0.4, -0.2) is 51.6 Å². The molecule has 110 valence electrons. The lowest BCUT2D eigenvalue weighted by Crippen LogP contribution is -2.52. The van der Waals surface area contributed by atoms with E-state index in [1.807, 2.05) is 6.92 Å².